The summed E-state index contributed by atoms with van der Waals surface area (Å²) in [5, 5.41) is 0. The third-order valence-electron chi connectivity index (χ3n) is 3.00. The number of hydrogen-bond donors (Lipinski definition) is 0. The van der Waals surface area contributed by atoms with Crippen molar-refractivity contribution in [1.82, 2.24) is 0 Å². The molecule has 0 unspecified atom stereocenters. The van der Waals surface area contributed by atoms with Crippen molar-refractivity contribution in [3.8, 4) is 0 Å². The van der Waals surface area contributed by atoms with Crippen molar-refractivity contribution in [2.45, 2.75) is 40.5 Å². The molecular weight excluding hydrogens is 279 g/mol. The zero-order valence-corrected chi connectivity index (χ0v) is 12.3. The van der Waals surface area contributed by atoms with Crippen LogP contribution in [0, 0.1) is 0 Å². The molecule has 0 heterocycles. The summed E-state index contributed by atoms with van der Waals surface area (Å²) < 4.78 is 60.5. The first-order chi connectivity index (χ1) is 7.69. The Morgan fingerprint density at radius 2 is 1.00 bits per heavy atom. The van der Waals surface area contributed by atoms with Gasteiger partial charge in [-0.25, -0.2) is 0 Å². The molecule has 0 amide bonds. The molecule has 0 aliphatic rings. The molecule has 0 atom stereocenters. The molecule has 0 aliphatic carbocycles. The SMILES string of the molecule is CCCC[N+](CC)(CC)CC.F[P-](F)(F)(F)(F)F. The van der Waals surface area contributed by atoms with Gasteiger partial charge in [0.15, 0.2) is 0 Å². The molecule has 0 bridgehead atoms. The monoisotopic (exact) mass is 303 g/mol. The molecule has 0 saturated carbocycles. The third kappa shape index (κ3) is 18.3. The summed E-state index contributed by atoms with van der Waals surface area (Å²) in [6.45, 7) is 14.5. The number of unbranched alkanes of at least 4 members (excludes halogenated alkanes) is 1. The van der Waals surface area contributed by atoms with E-state index in [0.717, 1.165) is 0 Å². The Hall–Kier alpha value is -0.0300. The van der Waals surface area contributed by atoms with Crippen molar-refractivity contribution >= 4 is 7.81 Å². The van der Waals surface area contributed by atoms with Crippen LogP contribution in [0.25, 0.3) is 0 Å². The fraction of sp³-hybridized carbons (Fsp3) is 1.00. The summed E-state index contributed by atoms with van der Waals surface area (Å²) in [5.74, 6) is 0. The van der Waals surface area contributed by atoms with Crippen LogP contribution in [0.2, 0.25) is 0 Å². The van der Waals surface area contributed by atoms with E-state index in [-0.39, 0.29) is 0 Å². The molecule has 0 spiro atoms. The average molecular weight is 303 g/mol. The molecule has 0 aliphatic heterocycles. The molecule has 0 aromatic rings. The van der Waals surface area contributed by atoms with E-state index in [1.54, 1.807) is 0 Å². The van der Waals surface area contributed by atoms with Crippen LogP contribution in [0.4, 0.5) is 25.2 Å². The van der Waals surface area contributed by atoms with Crippen LogP contribution in [0.5, 0.6) is 0 Å². The van der Waals surface area contributed by atoms with Gasteiger partial charge in [-0.05, 0) is 27.2 Å². The molecule has 0 rings (SSSR count). The van der Waals surface area contributed by atoms with Crippen LogP contribution in [0.1, 0.15) is 40.5 Å². The predicted octanol–water partition coefficient (Wildman–Crippen LogP) is 6.05. The van der Waals surface area contributed by atoms with E-state index in [9.17, 15) is 25.2 Å². The quantitative estimate of drug-likeness (QED) is 0.318. The van der Waals surface area contributed by atoms with Gasteiger partial charge >= 0.3 is 33.0 Å². The van der Waals surface area contributed by atoms with Crippen LogP contribution >= 0.6 is 7.81 Å². The van der Waals surface area contributed by atoms with Crippen molar-refractivity contribution in [3.63, 3.8) is 0 Å². The van der Waals surface area contributed by atoms with Gasteiger partial charge in [-0.1, -0.05) is 13.3 Å². The topological polar surface area (TPSA) is 0 Å². The van der Waals surface area contributed by atoms with Crippen LogP contribution in [0.3, 0.4) is 0 Å². The Balaban J connectivity index is 0. The summed E-state index contributed by atoms with van der Waals surface area (Å²) in [6, 6.07) is 0. The molecular formula is C10H24F6NP. The molecule has 0 aromatic heterocycles. The number of halogens is 6. The van der Waals surface area contributed by atoms with E-state index in [0.29, 0.717) is 0 Å². The molecule has 8 heteroatoms. The van der Waals surface area contributed by atoms with E-state index >= 15 is 0 Å². The number of nitrogens with zero attached hydrogens (tertiary/aromatic N) is 1. The maximum absolute atomic E-state index is 10.7. The van der Waals surface area contributed by atoms with Crippen LogP contribution in [0.15, 0.2) is 0 Å². The Labute approximate surface area is 105 Å². The first-order valence-electron chi connectivity index (χ1n) is 6.11. The van der Waals surface area contributed by atoms with Gasteiger partial charge in [-0.15, -0.1) is 0 Å². The minimum absolute atomic E-state index is 1.30. The maximum atomic E-state index is 9.87. The fourth-order valence-corrected chi connectivity index (χ4v) is 1.64. The molecule has 116 valence electrons. The summed E-state index contributed by atoms with van der Waals surface area (Å²) in [4.78, 5) is 0. The second-order valence-electron chi connectivity index (χ2n) is 4.33. The van der Waals surface area contributed by atoms with Gasteiger partial charge < -0.3 is 4.48 Å². The predicted molar refractivity (Wildman–Crippen MR) is 65.2 cm³/mol. The number of quaternary nitrogens is 1. The van der Waals surface area contributed by atoms with Crippen molar-refractivity contribution < 1.29 is 29.7 Å². The minimum atomic E-state index is -10.7. The van der Waals surface area contributed by atoms with Gasteiger partial charge in [0.05, 0.1) is 26.2 Å². The number of rotatable bonds is 6. The zero-order valence-electron chi connectivity index (χ0n) is 11.4. The Kier molecular flexibility index (Phi) is 6.71. The standard InChI is InChI=1S/C10H24N.F6P/c1-5-9-10-11(6-2,7-3)8-4;1-7(2,3,4,5)6/h5-10H2,1-4H3;/q+1;-1. The van der Waals surface area contributed by atoms with E-state index < -0.39 is 7.81 Å². The molecule has 0 saturated heterocycles. The van der Waals surface area contributed by atoms with Crippen LogP contribution < -0.4 is 0 Å². The van der Waals surface area contributed by atoms with Crippen molar-refractivity contribution in [3.05, 3.63) is 0 Å². The Morgan fingerprint density at radius 1 is 0.722 bits per heavy atom. The number of hydrogen-bond acceptors (Lipinski definition) is 0. The molecule has 0 radical (unpaired) electrons. The van der Waals surface area contributed by atoms with Gasteiger partial charge in [-0.3, -0.25) is 0 Å². The molecule has 18 heavy (non-hydrogen) atoms. The van der Waals surface area contributed by atoms with Gasteiger partial charge in [0, 0.05) is 0 Å². The Bertz CT molecular complexity index is 210. The van der Waals surface area contributed by atoms with E-state index in [4.69, 9.17) is 0 Å². The van der Waals surface area contributed by atoms with Gasteiger partial charge in [0.25, 0.3) is 0 Å². The van der Waals surface area contributed by atoms with Crippen molar-refractivity contribution in [2.75, 3.05) is 26.2 Å². The molecule has 0 fully saturated rings. The van der Waals surface area contributed by atoms with Crippen molar-refractivity contribution in [1.29, 1.82) is 0 Å². The second-order valence-corrected chi connectivity index (χ2v) is 6.24. The Morgan fingerprint density at radius 3 is 1.17 bits per heavy atom. The van der Waals surface area contributed by atoms with Gasteiger partial charge in [-0.2, -0.15) is 0 Å². The third-order valence-corrected chi connectivity index (χ3v) is 3.00. The van der Waals surface area contributed by atoms with E-state index in [1.807, 2.05) is 0 Å². The van der Waals surface area contributed by atoms with Crippen molar-refractivity contribution in [2.24, 2.45) is 0 Å². The van der Waals surface area contributed by atoms with Crippen LogP contribution in [-0.2, 0) is 0 Å². The second kappa shape index (κ2) is 5.95. The first-order valence-corrected chi connectivity index (χ1v) is 8.14. The normalized spacial score (nSPS) is 16.3. The fourth-order valence-electron chi connectivity index (χ4n) is 1.64. The van der Waals surface area contributed by atoms with E-state index in [1.165, 1.54) is 43.5 Å². The van der Waals surface area contributed by atoms with E-state index in [2.05, 4.69) is 27.7 Å². The van der Waals surface area contributed by atoms with Crippen LogP contribution in [-0.4, -0.2) is 30.7 Å². The summed E-state index contributed by atoms with van der Waals surface area (Å²) in [6.07, 6.45) is 2.72. The average Bonchev–Trinajstić information content (AvgIpc) is 2.16. The zero-order chi connectivity index (χ0) is 15.2. The molecule has 0 N–H and O–H groups in total. The van der Waals surface area contributed by atoms with Gasteiger partial charge in [0.2, 0.25) is 0 Å². The molecule has 1 nitrogen and oxygen atoms in total. The summed E-state index contributed by atoms with van der Waals surface area (Å²) >= 11 is 0. The van der Waals surface area contributed by atoms with Gasteiger partial charge in [0.1, 0.15) is 0 Å². The summed E-state index contributed by atoms with van der Waals surface area (Å²) in [5.41, 5.74) is 0. The summed E-state index contributed by atoms with van der Waals surface area (Å²) in [7, 11) is -10.7. The first kappa shape index (κ1) is 20.3. The molecule has 0 aromatic carbocycles.